The number of anilines is 1. The first-order chi connectivity index (χ1) is 8.81. The average Bonchev–Trinajstić information content (AvgIpc) is 2.30. The van der Waals surface area contributed by atoms with Crippen molar-refractivity contribution in [2.24, 2.45) is 5.92 Å². The third-order valence-electron chi connectivity index (χ3n) is 2.65. The van der Waals surface area contributed by atoms with E-state index in [0.29, 0.717) is 5.69 Å². The smallest absolute Gasteiger partial charge is 0.326 e. The molecule has 5 nitrogen and oxygen atoms in total. The summed E-state index contributed by atoms with van der Waals surface area (Å²) in [7, 11) is 0. The molecule has 0 saturated carbocycles. The minimum Gasteiger partial charge on any atom is -0.480 e. The van der Waals surface area contributed by atoms with Crippen LogP contribution >= 0.6 is 22.6 Å². The molecule has 0 aromatic heterocycles. The van der Waals surface area contributed by atoms with Crippen molar-refractivity contribution in [3.05, 3.63) is 27.3 Å². The number of hydrogen-bond donors (Lipinski definition) is 3. The second-order valence-corrected chi connectivity index (χ2v) is 5.78. The Balaban J connectivity index is 2.69. The van der Waals surface area contributed by atoms with Gasteiger partial charge >= 0.3 is 12.0 Å². The number of amides is 2. The third kappa shape index (κ3) is 4.70. The van der Waals surface area contributed by atoms with Gasteiger partial charge in [0.25, 0.3) is 0 Å². The number of carbonyl (C=O) groups is 2. The van der Waals surface area contributed by atoms with Crippen LogP contribution in [0.5, 0.6) is 0 Å². The molecule has 0 radical (unpaired) electrons. The molecular weight excluding hydrogens is 359 g/mol. The molecule has 104 valence electrons. The number of benzene rings is 1. The Morgan fingerprint density at radius 2 is 1.95 bits per heavy atom. The third-order valence-corrected chi connectivity index (χ3v) is 3.81. The van der Waals surface area contributed by atoms with Gasteiger partial charge in [0, 0.05) is 9.26 Å². The van der Waals surface area contributed by atoms with Crippen LogP contribution < -0.4 is 10.6 Å². The van der Waals surface area contributed by atoms with Crippen LogP contribution in [0.1, 0.15) is 19.4 Å². The summed E-state index contributed by atoms with van der Waals surface area (Å²) >= 11 is 2.18. The summed E-state index contributed by atoms with van der Waals surface area (Å²) in [6.45, 7) is 5.46. The number of carbonyl (C=O) groups excluding carboxylic acids is 1. The number of halogens is 1. The Morgan fingerprint density at radius 3 is 2.42 bits per heavy atom. The van der Waals surface area contributed by atoms with Gasteiger partial charge in [-0.2, -0.15) is 0 Å². The molecule has 0 fully saturated rings. The molecule has 0 aliphatic heterocycles. The SMILES string of the molecule is Cc1ccc(NC(=O)NC(C(=O)O)C(C)C)cc1I. The number of hydrogen-bond acceptors (Lipinski definition) is 2. The van der Waals surface area contributed by atoms with Crippen molar-refractivity contribution >= 4 is 40.3 Å². The van der Waals surface area contributed by atoms with E-state index >= 15 is 0 Å². The number of carboxylic acids is 1. The molecule has 1 aromatic carbocycles. The zero-order valence-electron chi connectivity index (χ0n) is 11.0. The second-order valence-electron chi connectivity index (χ2n) is 4.62. The molecule has 0 bridgehead atoms. The Hall–Kier alpha value is -1.31. The number of aryl methyl sites for hydroxylation is 1. The van der Waals surface area contributed by atoms with Crippen LogP contribution in [-0.2, 0) is 4.79 Å². The van der Waals surface area contributed by atoms with Crippen molar-refractivity contribution in [1.82, 2.24) is 5.32 Å². The zero-order chi connectivity index (χ0) is 14.6. The summed E-state index contributed by atoms with van der Waals surface area (Å²) in [4.78, 5) is 22.7. The number of carboxylic acid groups (broad SMARTS) is 1. The molecule has 1 unspecified atom stereocenters. The monoisotopic (exact) mass is 376 g/mol. The molecule has 3 N–H and O–H groups in total. The van der Waals surface area contributed by atoms with Gasteiger partial charge in [-0.05, 0) is 53.1 Å². The van der Waals surface area contributed by atoms with Gasteiger partial charge in [-0.1, -0.05) is 19.9 Å². The normalized spacial score (nSPS) is 12.1. The summed E-state index contributed by atoms with van der Waals surface area (Å²) < 4.78 is 1.04. The first-order valence-electron chi connectivity index (χ1n) is 5.87. The first kappa shape index (κ1) is 15.7. The molecule has 0 saturated heterocycles. The summed E-state index contributed by atoms with van der Waals surface area (Å²) in [5, 5.41) is 14.1. The van der Waals surface area contributed by atoms with Gasteiger partial charge in [-0.15, -0.1) is 0 Å². The molecule has 0 aliphatic rings. The van der Waals surface area contributed by atoms with Crippen LogP contribution in [-0.4, -0.2) is 23.1 Å². The van der Waals surface area contributed by atoms with Crippen molar-refractivity contribution in [1.29, 1.82) is 0 Å². The maximum Gasteiger partial charge on any atom is 0.326 e. The standard InChI is InChI=1S/C13H17IN2O3/c1-7(2)11(12(17)18)16-13(19)15-9-5-4-8(3)10(14)6-9/h4-7,11H,1-3H3,(H,17,18)(H2,15,16,19). The van der Waals surface area contributed by atoms with Crippen LogP contribution in [0.15, 0.2) is 18.2 Å². The molecule has 2 amide bonds. The van der Waals surface area contributed by atoms with Gasteiger partial charge in [0.1, 0.15) is 6.04 Å². The summed E-state index contributed by atoms with van der Waals surface area (Å²) in [6, 6.07) is 4.10. The number of urea groups is 1. The van der Waals surface area contributed by atoms with Crippen LogP contribution in [0.4, 0.5) is 10.5 Å². The van der Waals surface area contributed by atoms with Gasteiger partial charge in [0.2, 0.25) is 0 Å². The van der Waals surface area contributed by atoms with Crippen molar-refractivity contribution in [2.45, 2.75) is 26.8 Å². The van der Waals surface area contributed by atoms with Gasteiger partial charge in [-0.3, -0.25) is 0 Å². The van der Waals surface area contributed by atoms with E-state index in [-0.39, 0.29) is 5.92 Å². The van der Waals surface area contributed by atoms with Crippen molar-refractivity contribution in [2.75, 3.05) is 5.32 Å². The molecule has 0 spiro atoms. The lowest BCUT2D eigenvalue weighted by atomic mass is 10.1. The van der Waals surface area contributed by atoms with Crippen LogP contribution in [0.25, 0.3) is 0 Å². The minimum absolute atomic E-state index is 0.179. The second kappa shape index (κ2) is 6.74. The molecule has 1 rings (SSSR count). The number of nitrogens with one attached hydrogen (secondary N) is 2. The van der Waals surface area contributed by atoms with Crippen molar-refractivity contribution < 1.29 is 14.7 Å². The quantitative estimate of drug-likeness (QED) is 0.708. The Morgan fingerprint density at radius 1 is 1.32 bits per heavy atom. The number of rotatable bonds is 4. The molecule has 1 atom stereocenters. The maximum atomic E-state index is 11.7. The van der Waals surface area contributed by atoms with Gasteiger partial charge in [0.05, 0.1) is 0 Å². The fourth-order valence-corrected chi connectivity index (χ4v) is 2.01. The summed E-state index contributed by atoms with van der Waals surface area (Å²) in [5.41, 5.74) is 1.76. The van der Waals surface area contributed by atoms with Crippen LogP contribution in [0.2, 0.25) is 0 Å². The fourth-order valence-electron chi connectivity index (χ4n) is 1.49. The van der Waals surface area contributed by atoms with E-state index in [1.165, 1.54) is 0 Å². The van der Waals surface area contributed by atoms with Gasteiger partial charge in [-0.25, -0.2) is 9.59 Å². The van der Waals surface area contributed by atoms with E-state index in [2.05, 4.69) is 33.2 Å². The molecule has 0 aliphatic carbocycles. The van der Waals surface area contributed by atoms with E-state index in [9.17, 15) is 9.59 Å². The lowest BCUT2D eigenvalue weighted by Gasteiger charge is -2.18. The van der Waals surface area contributed by atoms with E-state index in [1.54, 1.807) is 19.9 Å². The highest BCUT2D eigenvalue weighted by atomic mass is 127. The summed E-state index contributed by atoms with van der Waals surface area (Å²) in [6.07, 6.45) is 0. The average molecular weight is 376 g/mol. The summed E-state index contributed by atoms with van der Waals surface area (Å²) in [5.74, 6) is -1.22. The predicted molar refractivity (Wildman–Crippen MR) is 82.3 cm³/mol. The highest BCUT2D eigenvalue weighted by Crippen LogP contribution is 2.17. The predicted octanol–water partition coefficient (Wildman–Crippen LogP) is 2.83. The zero-order valence-corrected chi connectivity index (χ0v) is 13.2. The first-order valence-corrected chi connectivity index (χ1v) is 6.95. The number of aliphatic carboxylic acids is 1. The highest BCUT2D eigenvalue weighted by Gasteiger charge is 2.23. The molecule has 19 heavy (non-hydrogen) atoms. The molecular formula is C13H17IN2O3. The van der Waals surface area contributed by atoms with Gasteiger partial charge < -0.3 is 15.7 Å². The minimum atomic E-state index is -1.04. The lowest BCUT2D eigenvalue weighted by molar-refractivity contribution is -0.140. The molecule has 0 heterocycles. The topological polar surface area (TPSA) is 78.4 Å². The van der Waals surface area contributed by atoms with E-state index in [4.69, 9.17) is 5.11 Å². The van der Waals surface area contributed by atoms with Crippen molar-refractivity contribution in [3.63, 3.8) is 0 Å². The van der Waals surface area contributed by atoms with Crippen molar-refractivity contribution in [3.8, 4) is 0 Å². The van der Waals surface area contributed by atoms with E-state index in [1.807, 2.05) is 19.1 Å². The van der Waals surface area contributed by atoms with Crippen LogP contribution in [0.3, 0.4) is 0 Å². The Labute approximate surface area is 125 Å². The van der Waals surface area contributed by atoms with Crippen LogP contribution in [0, 0.1) is 16.4 Å². The largest absolute Gasteiger partial charge is 0.480 e. The Kier molecular flexibility index (Phi) is 5.59. The van der Waals surface area contributed by atoms with Gasteiger partial charge in [0.15, 0.2) is 0 Å². The molecule has 1 aromatic rings. The van der Waals surface area contributed by atoms with E-state index < -0.39 is 18.0 Å². The fraction of sp³-hybridized carbons (Fsp3) is 0.385. The maximum absolute atomic E-state index is 11.7. The molecule has 6 heteroatoms. The highest BCUT2D eigenvalue weighted by molar-refractivity contribution is 14.1. The van der Waals surface area contributed by atoms with E-state index in [0.717, 1.165) is 9.13 Å². The Bertz CT molecular complexity index is 489. The lowest BCUT2D eigenvalue weighted by Crippen LogP contribution is -2.46.